The summed E-state index contributed by atoms with van der Waals surface area (Å²) in [5.74, 6) is 0.00161. The summed E-state index contributed by atoms with van der Waals surface area (Å²) >= 11 is 0. The number of anilines is 1. The molecule has 7 heteroatoms. The zero-order chi connectivity index (χ0) is 20.5. The number of imidazole rings is 1. The summed E-state index contributed by atoms with van der Waals surface area (Å²) in [7, 11) is 3.13. The molecular weight excluding hydrogens is 368 g/mol. The SMILES string of the molecule is COc1ccc(-c2cn3ccc(C)cc3n2)cc1NC(=O)c1cccn(C)c1=O. The minimum atomic E-state index is -0.493. The number of hydrogen-bond acceptors (Lipinski definition) is 4. The third kappa shape index (κ3) is 3.50. The van der Waals surface area contributed by atoms with E-state index in [4.69, 9.17) is 4.74 Å². The number of rotatable bonds is 4. The number of fused-ring (bicyclic) bond motifs is 1. The number of ether oxygens (including phenoxy) is 1. The Labute approximate surface area is 167 Å². The van der Waals surface area contributed by atoms with Gasteiger partial charge in [0, 0.05) is 31.2 Å². The Hall–Kier alpha value is -3.87. The molecule has 0 aliphatic rings. The highest BCUT2D eigenvalue weighted by atomic mass is 16.5. The van der Waals surface area contributed by atoms with Gasteiger partial charge in [-0.2, -0.15) is 0 Å². The number of carbonyl (C=O) groups is 1. The number of nitrogens with one attached hydrogen (secondary N) is 1. The highest BCUT2D eigenvalue weighted by molar-refractivity contribution is 6.05. The van der Waals surface area contributed by atoms with E-state index < -0.39 is 5.91 Å². The van der Waals surface area contributed by atoms with Crippen LogP contribution in [-0.2, 0) is 7.05 Å². The number of nitrogens with zero attached hydrogens (tertiary/aromatic N) is 3. The summed E-state index contributed by atoms with van der Waals surface area (Å²) in [4.78, 5) is 29.6. The lowest BCUT2D eigenvalue weighted by Gasteiger charge is -2.11. The van der Waals surface area contributed by atoms with E-state index in [2.05, 4.69) is 10.3 Å². The van der Waals surface area contributed by atoms with E-state index >= 15 is 0 Å². The average Bonchev–Trinajstić information content (AvgIpc) is 3.13. The number of benzene rings is 1. The van der Waals surface area contributed by atoms with Crippen molar-refractivity contribution >= 4 is 17.2 Å². The lowest BCUT2D eigenvalue weighted by molar-refractivity contribution is 0.102. The lowest BCUT2D eigenvalue weighted by Crippen LogP contribution is -2.27. The zero-order valence-corrected chi connectivity index (χ0v) is 16.3. The zero-order valence-electron chi connectivity index (χ0n) is 16.3. The van der Waals surface area contributed by atoms with Gasteiger partial charge in [-0.25, -0.2) is 4.98 Å². The fraction of sp³-hybridized carbons (Fsp3) is 0.136. The van der Waals surface area contributed by atoms with Crippen LogP contribution in [0.25, 0.3) is 16.9 Å². The fourth-order valence-corrected chi connectivity index (χ4v) is 3.15. The highest BCUT2D eigenvalue weighted by Crippen LogP contribution is 2.30. The lowest BCUT2D eigenvalue weighted by atomic mass is 10.1. The largest absolute Gasteiger partial charge is 0.495 e. The predicted molar refractivity (Wildman–Crippen MR) is 112 cm³/mol. The number of pyridine rings is 2. The van der Waals surface area contributed by atoms with Crippen molar-refractivity contribution in [3.63, 3.8) is 0 Å². The molecule has 0 atom stereocenters. The molecule has 0 fully saturated rings. The van der Waals surface area contributed by atoms with E-state index in [-0.39, 0.29) is 11.1 Å². The van der Waals surface area contributed by atoms with Gasteiger partial charge in [0.15, 0.2) is 0 Å². The van der Waals surface area contributed by atoms with Crippen molar-refractivity contribution < 1.29 is 9.53 Å². The van der Waals surface area contributed by atoms with Crippen molar-refractivity contribution in [3.05, 3.63) is 82.5 Å². The van der Waals surface area contributed by atoms with Gasteiger partial charge < -0.3 is 19.0 Å². The van der Waals surface area contributed by atoms with Gasteiger partial charge in [-0.05, 0) is 55.0 Å². The number of hydrogen-bond donors (Lipinski definition) is 1. The van der Waals surface area contributed by atoms with Crippen molar-refractivity contribution in [2.75, 3.05) is 12.4 Å². The van der Waals surface area contributed by atoms with Gasteiger partial charge in [0.25, 0.3) is 11.5 Å². The Bertz CT molecular complexity index is 1290. The molecule has 0 bridgehead atoms. The maximum absolute atomic E-state index is 12.7. The number of carbonyl (C=O) groups excluding carboxylic acids is 1. The normalized spacial score (nSPS) is 10.9. The number of amides is 1. The minimum absolute atomic E-state index is 0.0608. The summed E-state index contributed by atoms with van der Waals surface area (Å²) in [5.41, 5.74) is 3.72. The third-order valence-electron chi connectivity index (χ3n) is 4.73. The van der Waals surface area contributed by atoms with Gasteiger partial charge in [-0.15, -0.1) is 0 Å². The standard InChI is InChI=1S/C22H20N4O3/c1-14-8-10-26-13-18(23-20(26)11-14)15-6-7-19(29-3)17(12-15)24-21(27)16-5-4-9-25(2)22(16)28/h4-13H,1-3H3,(H,24,27). The topological polar surface area (TPSA) is 77.6 Å². The van der Waals surface area contributed by atoms with Crippen LogP contribution in [0.3, 0.4) is 0 Å². The molecule has 1 amide bonds. The molecule has 0 unspecified atom stereocenters. The molecule has 4 aromatic rings. The van der Waals surface area contributed by atoms with Crippen molar-refractivity contribution in [3.8, 4) is 17.0 Å². The first kappa shape index (κ1) is 18.5. The van der Waals surface area contributed by atoms with Gasteiger partial charge >= 0.3 is 0 Å². The van der Waals surface area contributed by atoms with Crippen LogP contribution in [0.1, 0.15) is 15.9 Å². The molecule has 1 aromatic carbocycles. The van der Waals surface area contributed by atoms with Crippen LogP contribution >= 0.6 is 0 Å². The van der Waals surface area contributed by atoms with E-state index in [1.54, 1.807) is 31.4 Å². The van der Waals surface area contributed by atoms with Crippen LogP contribution in [0, 0.1) is 6.92 Å². The molecule has 146 valence electrons. The monoisotopic (exact) mass is 388 g/mol. The molecular formula is C22H20N4O3. The Morgan fingerprint density at radius 1 is 1.14 bits per heavy atom. The number of aryl methyl sites for hydroxylation is 2. The van der Waals surface area contributed by atoms with Crippen LogP contribution < -0.4 is 15.6 Å². The van der Waals surface area contributed by atoms with Gasteiger partial charge in [0.1, 0.15) is 17.0 Å². The quantitative estimate of drug-likeness (QED) is 0.582. The van der Waals surface area contributed by atoms with Crippen LogP contribution in [0.2, 0.25) is 0 Å². The summed E-state index contributed by atoms with van der Waals surface area (Å²) < 4.78 is 8.68. The smallest absolute Gasteiger partial charge is 0.263 e. The molecule has 7 nitrogen and oxygen atoms in total. The molecule has 4 rings (SSSR count). The Morgan fingerprint density at radius 2 is 1.97 bits per heavy atom. The maximum atomic E-state index is 12.7. The first-order valence-corrected chi connectivity index (χ1v) is 9.07. The molecule has 29 heavy (non-hydrogen) atoms. The van der Waals surface area contributed by atoms with E-state index in [1.165, 1.54) is 17.7 Å². The molecule has 3 aromatic heterocycles. The van der Waals surface area contributed by atoms with E-state index in [1.807, 2.05) is 41.9 Å². The van der Waals surface area contributed by atoms with Crippen LogP contribution in [0.4, 0.5) is 5.69 Å². The predicted octanol–water partition coefficient (Wildman–Crippen LogP) is 3.27. The molecule has 0 aliphatic carbocycles. The van der Waals surface area contributed by atoms with Gasteiger partial charge in [0.2, 0.25) is 0 Å². The van der Waals surface area contributed by atoms with Crippen LogP contribution in [0.15, 0.2) is 65.8 Å². The summed E-state index contributed by atoms with van der Waals surface area (Å²) in [6, 6.07) is 12.6. The summed E-state index contributed by atoms with van der Waals surface area (Å²) in [6.45, 7) is 2.02. The number of methoxy groups -OCH3 is 1. The maximum Gasteiger partial charge on any atom is 0.263 e. The summed E-state index contributed by atoms with van der Waals surface area (Å²) in [5, 5.41) is 2.79. The second kappa shape index (κ2) is 7.27. The first-order chi connectivity index (χ1) is 14.0. The van der Waals surface area contributed by atoms with Crippen molar-refractivity contribution in [2.45, 2.75) is 6.92 Å². The van der Waals surface area contributed by atoms with Gasteiger partial charge in [-0.3, -0.25) is 9.59 Å². The molecule has 0 aliphatic heterocycles. The molecule has 1 N–H and O–H groups in total. The molecule has 3 heterocycles. The van der Waals surface area contributed by atoms with Crippen LogP contribution in [-0.4, -0.2) is 27.0 Å². The first-order valence-electron chi connectivity index (χ1n) is 9.07. The second-order valence-corrected chi connectivity index (χ2v) is 6.80. The molecule has 0 saturated heterocycles. The van der Waals surface area contributed by atoms with Crippen molar-refractivity contribution in [1.29, 1.82) is 0 Å². The molecule has 0 saturated carbocycles. The van der Waals surface area contributed by atoms with E-state index in [0.717, 1.165) is 22.5 Å². The van der Waals surface area contributed by atoms with Gasteiger partial charge in [0.05, 0.1) is 18.5 Å². The van der Waals surface area contributed by atoms with Crippen molar-refractivity contribution in [2.24, 2.45) is 7.05 Å². The van der Waals surface area contributed by atoms with E-state index in [9.17, 15) is 9.59 Å². The Kier molecular flexibility index (Phi) is 4.64. The highest BCUT2D eigenvalue weighted by Gasteiger charge is 2.15. The minimum Gasteiger partial charge on any atom is -0.495 e. The third-order valence-corrected chi connectivity index (χ3v) is 4.73. The van der Waals surface area contributed by atoms with Gasteiger partial charge in [-0.1, -0.05) is 0 Å². The van der Waals surface area contributed by atoms with Crippen LogP contribution in [0.5, 0.6) is 5.75 Å². The molecule has 0 spiro atoms. The fourth-order valence-electron chi connectivity index (χ4n) is 3.15. The van der Waals surface area contributed by atoms with Crippen molar-refractivity contribution in [1.82, 2.24) is 14.0 Å². The summed E-state index contributed by atoms with van der Waals surface area (Å²) in [6.07, 6.45) is 5.49. The number of aromatic nitrogens is 3. The molecule has 0 radical (unpaired) electrons. The van der Waals surface area contributed by atoms with E-state index in [0.29, 0.717) is 11.4 Å². The average molecular weight is 388 g/mol. The Balaban J connectivity index is 1.72. The second-order valence-electron chi connectivity index (χ2n) is 6.80. The Morgan fingerprint density at radius 3 is 2.76 bits per heavy atom.